The van der Waals surface area contributed by atoms with Crippen LogP contribution in [-0.4, -0.2) is 6.71 Å². The van der Waals surface area contributed by atoms with Gasteiger partial charge in [0, 0.05) is 20.9 Å². The van der Waals surface area contributed by atoms with Crippen LogP contribution < -0.4 is 30.8 Å². The summed E-state index contributed by atoms with van der Waals surface area (Å²) in [5.41, 5.74) is 6.95. The van der Waals surface area contributed by atoms with Crippen molar-refractivity contribution in [2.24, 2.45) is 0 Å². The Morgan fingerprint density at radius 2 is 1.14 bits per heavy atom. The van der Waals surface area contributed by atoms with Gasteiger partial charge in [0.15, 0.2) is 0 Å². The van der Waals surface area contributed by atoms with Gasteiger partial charge in [-0.2, -0.15) is 0 Å². The van der Waals surface area contributed by atoms with Crippen LogP contribution in [0.3, 0.4) is 0 Å². The second-order valence-corrected chi connectivity index (χ2v) is 10.0. The molecular formula is C30H18BNO2S. The van der Waals surface area contributed by atoms with Gasteiger partial charge in [-0.15, -0.1) is 0 Å². The van der Waals surface area contributed by atoms with Gasteiger partial charge in [0.1, 0.15) is 23.0 Å². The van der Waals surface area contributed by atoms with E-state index >= 15 is 0 Å². The van der Waals surface area contributed by atoms with E-state index in [2.05, 4.69) is 89.8 Å². The van der Waals surface area contributed by atoms with Gasteiger partial charge in [-0.1, -0.05) is 60.3 Å². The molecule has 0 atom stereocenters. The summed E-state index contributed by atoms with van der Waals surface area (Å²) >= 11 is 1.82. The summed E-state index contributed by atoms with van der Waals surface area (Å²) in [5.74, 6) is 3.54. The number of para-hydroxylation sites is 3. The number of benzene rings is 5. The van der Waals surface area contributed by atoms with Gasteiger partial charge in [0.05, 0.1) is 11.4 Å². The van der Waals surface area contributed by atoms with Crippen LogP contribution in [0.25, 0.3) is 0 Å². The molecule has 0 spiro atoms. The average molecular weight is 467 g/mol. The molecule has 0 aliphatic carbocycles. The van der Waals surface area contributed by atoms with Gasteiger partial charge in [-0.05, 0) is 71.6 Å². The van der Waals surface area contributed by atoms with Gasteiger partial charge in [0.2, 0.25) is 0 Å². The highest BCUT2D eigenvalue weighted by atomic mass is 32.2. The molecule has 5 aromatic rings. The molecule has 0 radical (unpaired) electrons. The highest BCUT2D eigenvalue weighted by Gasteiger charge is 2.40. The predicted molar refractivity (Wildman–Crippen MR) is 143 cm³/mol. The summed E-state index contributed by atoms with van der Waals surface area (Å²) in [6, 6.07) is 38.2. The summed E-state index contributed by atoms with van der Waals surface area (Å²) in [6.07, 6.45) is 0. The third-order valence-electron chi connectivity index (χ3n) is 6.98. The number of hydrogen-bond acceptors (Lipinski definition) is 4. The Morgan fingerprint density at radius 1 is 0.543 bits per heavy atom. The van der Waals surface area contributed by atoms with Gasteiger partial charge in [-0.25, -0.2) is 0 Å². The Labute approximate surface area is 208 Å². The summed E-state index contributed by atoms with van der Waals surface area (Å²) < 4.78 is 12.7. The minimum atomic E-state index is 0.0551. The van der Waals surface area contributed by atoms with Crippen LogP contribution in [0.15, 0.2) is 119 Å². The number of ether oxygens (including phenoxy) is 2. The van der Waals surface area contributed by atoms with Crippen molar-refractivity contribution in [2.45, 2.75) is 9.79 Å². The second-order valence-electron chi connectivity index (χ2n) is 8.94. The molecule has 5 aromatic carbocycles. The predicted octanol–water partition coefficient (Wildman–Crippen LogP) is 6.35. The van der Waals surface area contributed by atoms with E-state index in [1.165, 1.54) is 26.6 Å². The van der Waals surface area contributed by atoms with E-state index in [1.807, 2.05) is 36.0 Å². The zero-order valence-electron chi connectivity index (χ0n) is 18.6. The van der Waals surface area contributed by atoms with Gasteiger partial charge in [-0.3, -0.25) is 0 Å². The van der Waals surface area contributed by atoms with Crippen LogP contribution in [-0.2, 0) is 0 Å². The third kappa shape index (κ3) is 2.76. The highest BCUT2D eigenvalue weighted by molar-refractivity contribution is 7.99. The van der Waals surface area contributed by atoms with E-state index < -0.39 is 0 Å². The third-order valence-corrected chi connectivity index (χ3v) is 8.11. The maximum Gasteiger partial charge on any atom is 0.260 e. The number of nitrogens with zero attached hydrogens (tertiary/aromatic N) is 1. The first-order chi connectivity index (χ1) is 17.3. The lowest BCUT2D eigenvalue weighted by Crippen LogP contribution is -2.57. The molecule has 0 amide bonds. The number of anilines is 3. The molecule has 0 aromatic heterocycles. The molecule has 164 valence electrons. The van der Waals surface area contributed by atoms with Crippen LogP contribution in [0, 0.1) is 0 Å². The van der Waals surface area contributed by atoms with Gasteiger partial charge < -0.3 is 14.4 Å². The van der Waals surface area contributed by atoms with Crippen LogP contribution in [0.5, 0.6) is 23.0 Å². The van der Waals surface area contributed by atoms with E-state index in [4.69, 9.17) is 9.47 Å². The first-order valence-electron chi connectivity index (χ1n) is 11.7. The highest BCUT2D eigenvalue weighted by Crippen LogP contribution is 2.51. The Kier molecular flexibility index (Phi) is 3.96. The van der Waals surface area contributed by atoms with Crippen molar-refractivity contribution in [2.75, 3.05) is 4.90 Å². The topological polar surface area (TPSA) is 21.7 Å². The zero-order chi connectivity index (χ0) is 22.9. The molecule has 0 fully saturated rings. The molecule has 3 heterocycles. The number of fused-ring (bicyclic) bond motifs is 6. The SMILES string of the molecule is c1ccc2c(c1)Oc1cccc3c1B2c1cc(N2c4ccccc4Sc4ccccc42)ccc1O3. The largest absolute Gasteiger partial charge is 0.458 e. The quantitative estimate of drug-likeness (QED) is 0.262. The maximum atomic E-state index is 6.42. The average Bonchev–Trinajstić information content (AvgIpc) is 2.91. The first-order valence-corrected chi connectivity index (χ1v) is 12.5. The lowest BCUT2D eigenvalue weighted by molar-refractivity contribution is 0.464. The second kappa shape index (κ2) is 7.21. The number of hydrogen-bond donors (Lipinski definition) is 0. The molecule has 0 bridgehead atoms. The summed E-state index contributed by atoms with van der Waals surface area (Å²) in [6.45, 7) is 0.0551. The summed E-state index contributed by atoms with van der Waals surface area (Å²) in [7, 11) is 0. The first kappa shape index (κ1) is 19.2. The Morgan fingerprint density at radius 3 is 1.89 bits per heavy atom. The van der Waals surface area contributed by atoms with Crippen molar-refractivity contribution < 1.29 is 9.47 Å². The maximum absolute atomic E-state index is 6.42. The Hall–Kier alpha value is -4.09. The van der Waals surface area contributed by atoms with Gasteiger partial charge >= 0.3 is 0 Å². The van der Waals surface area contributed by atoms with Crippen LogP contribution in [0.1, 0.15) is 0 Å². The molecule has 0 N–H and O–H groups in total. The molecule has 0 unspecified atom stereocenters. The molecule has 3 nitrogen and oxygen atoms in total. The van der Waals surface area contributed by atoms with Crippen LogP contribution in [0.2, 0.25) is 0 Å². The Balaban J connectivity index is 1.36. The van der Waals surface area contributed by atoms with Gasteiger partial charge in [0.25, 0.3) is 6.71 Å². The van der Waals surface area contributed by atoms with E-state index in [1.54, 1.807) is 0 Å². The molecule has 0 saturated heterocycles. The fraction of sp³-hybridized carbons (Fsp3) is 0. The van der Waals surface area contributed by atoms with Crippen molar-refractivity contribution >= 4 is 51.9 Å². The Bertz CT molecular complexity index is 1610. The van der Waals surface area contributed by atoms with Crippen molar-refractivity contribution in [1.29, 1.82) is 0 Å². The van der Waals surface area contributed by atoms with Crippen molar-refractivity contribution in [3.8, 4) is 23.0 Å². The van der Waals surface area contributed by atoms with Crippen molar-refractivity contribution in [1.82, 2.24) is 0 Å². The smallest absolute Gasteiger partial charge is 0.260 e. The molecule has 35 heavy (non-hydrogen) atoms. The van der Waals surface area contributed by atoms with E-state index in [0.29, 0.717) is 0 Å². The molecule has 5 heteroatoms. The molecular weight excluding hydrogens is 449 g/mol. The summed E-state index contributed by atoms with van der Waals surface area (Å²) in [4.78, 5) is 4.88. The molecule has 0 saturated carbocycles. The summed E-state index contributed by atoms with van der Waals surface area (Å²) in [5, 5.41) is 0. The monoisotopic (exact) mass is 467 g/mol. The normalized spacial score (nSPS) is 13.9. The van der Waals surface area contributed by atoms with Crippen LogP contribution in [0.4, 0.5) is 17.1 Å². The molecule has 3 aliphatic heterocycles. The van der Waals surface area contributed by atoms with Crippen LogP contribution >= 0.6 is 11.8 Å². The minimum absolute atomic E-state index is 0.0551. The minimum Gasteiger partial charge on any atom is -0.458 e. The van der Waals surface area contributed by atoms with E-state index in [0.717, 1.165) is 39.6 Å². The standard InChI is InChI=1S/C30H18BNO2S/c1-4-11-24-20(8-1)31-21-18-19(16-17-25(21)34-27-13-7-12-26(33-24)30(27)31)32-22-9-2-5-14-28(22)35-29-15-6-3-10-23(29)32/h1-18H. The lowest BCUT2D eigenvalue weighted by atomic mass is 9.35. The fourth-order valence-corrected chi connectivity index (χ4v) is 6.55. The lowest BCUT2D eigenvalue weighted by Gasteiger charge is -2.35. The van der Waals surface area contributed by atoms with E-state index in [-0.39, 0.29) is 6.71 Å². The molecule has 8 rings (SSSR count). The molecule has 3 aliphatic rings. The van der Waals surface area contributed by atoms with Crippen molar-refractivity contribution in [3.63, 3.8) is 0 Å². The number of rotatable bonds is 1. The fourth-order valence-electron chi connectivity index (χ4n) is 5.49. The van der Waals surface area contributed by atoms with Crippen molar-refractivity contribution in [3.05, 3.63) is 109 Å². The van der Waals surface area contributed by atoms with E-state index in [9.17, 15) is 0 Å². The zero-order valence-corrected chi connectivity index (χ0v) is 19.5.